The minimum atomic E-state index is -2.83. The predicted octanol–water partition coefficient (Wildman–Crippen LogP) is 7.85. The number of piperazine rings is 1. The first-order valence-electron chi connectivity index (χ1n) is 22.1. The van der Waals surface area contributed by atoms with E-state index in [-0.39, 0.29) is 11.1 Å². The van der Waals surface area contributed by atoms with E-state index in [1.165, 1.54) is 15.3 Å². The molecule has 1 saturated heterocycles. The lowest BCUT2D eigenvalue weighted by molar-refractivity contribution is 0.130. The maximum absolute atomic E-state index is 12.6. The summed E-state index contributed by atoms with van der Waals surface area (Å²) < 4.78 is 20.1. The van der Waals surface area contributed by atoms with Gasteiger partial charge < -0.3 is 38.6 Å². The second-order valence-electron chi connectivity index (χ2n) is 17.9. The van der Waals surface area contributed by atoms with E-state index in [2.05, 4.69) is 145 Å². The molecule has 1 amide bonds. The van der Waals surface area contributed by atoms with Gasteiger partial charge in [-0.2, -0.15) is 9.97 Å². The van der Waals surface area contributed by atoms with E-state index in [0.717, 1.165) is 51.4 Å². The number of carbonyl (C=O) groups is 1. The second-order valence-corrected chi connectivity index (χ2v) is 22.2. The molecule has 6 aromatic rings. The number of fused-ring (bicyclic) bond motifs is 2. The van der Waals surface area contributed by atoms with Crippen molar-refractivity contribution in [1.29, 1.82) is 0 Å². The van der Waals surface area contributed by atoms with E-state index in [4.69, 9.17) is 23.9 Å². The summed E-state index contributed by atoms with van der Waals surface area (Å²) >= 11 is 0. The Kier molecular flexibility index (Phi) is 13.3. The van der Waals surface area contributed by atoms with Gasteiger partial charge in [0.15, 0.2) is 0 Å². The van der Waals surface area contributed by atoms with Gasteiger partial charge in [-0.1, -0.05) is 136 Å². The van der Waals surface area contributed by atoms with Crippen LogP contribution in [0.2, 0.25) is 5.04 Å². The Morgan fingerprint density at radius 3 is 2.14 bits per heavy atom. The molecule has 1 fully saturated rings. The number of nitrogens with zero attached hydrogens (tertiary/aromatic N) is 6. The van der Waals surface area contributed by atoms with Crippen molar-refractivity contribution in [2.75, 3.05) is 69.8 Å². The lowest BCUT2D eigenvalue weighted by atomic mass is 10.0. The van der Waals surface area contributed by atoms with Gasteiger partial charge in [-0.05, 0) is 59.4 Å². The van der Waals surface area contributed by atoms with Crippen LogP contribution in [0, 0.1) is 0 Å². The minimum Gasteiger partial charge on any atom is -0.489 e. The van der Waals surface area contributed by atoms with Gasteiger partial charge in [0, 0.05) is 62.0 Å². The molecule has 328 valence electrons. The normalized spacial score (nSPS) is 15.7. The fraction of sp³-hybridized carbons (Fsp3) is 0.353. The van der Waals surface area contributed by atoms with Crippen LogP contribution in [0.3, 0.4) is 0 Å². The number of amides is 1. The monoisotopic (exact) mass is 864 g/mol. The van der Waals surface area contributed by atoms with Crippen LogP contribution >= 0.6 is 0 Å². The molecule has 1 N–H and O–H groups in total. The molecule has 0 saturated carbocycles. The molecule has 2 aliphatic rings. The summed E-state index contributed by atoms with van der Waals surface area (Å²) in [6.07, 6.45) is 0.400. The van der Waals surface area contributed by atoms with Gasteiger partial charge in [0.1, 0.15) is 24.8 Å². The first-order chi connectivity index (χ1) is 30.5. The topological polar surface area (TPSA) is 104 Å². The molecule has 0 bridgehead atoms. The zero-order valence-electron chi connectivity index (χ0n) is 37.2. The van der Waals surface area contributed by atoms with E-state index < -0.39 is 14.4 Å². The summed E-state index contributed by atoms with van der Waals surface area (Å²) in [6, 6.07) is 44.4. The van der Waals surface area contributed by atoms with E-state index in [1.54, 1.807) is 0 Å². The summed E-state index contributed by atoms with van der Waals surface area (Å²) in [5.74, 6) is 1.64. The van der Waals surface area contributed by atoms with Crippen molar-refractivity contribution in [3.05, 3.63) is 144 Å². The molecule has 5 aromatic carbocycles. The van der Waals surface area contributed by atoms with Crippen LogP contribution in [-0.2, 0) is 24.0 Å². The fourth-order valence-corrected chi connectivity index (χ4v) is 13.8. The number of benzene rings is 5. The lowest BCUT2D eigenvalue weighted by Crippen LogP contribution is -2.67. The number of rotatable bonds is 15. The van der Waals surface area contributed by atoms with Crippen LogP contribution in [-0.4, -0.2) is 105 Å². The van der Waals surface area contributed by atoms with Crippen LogP contribution in [0.5, 0.6) is 11.8 Å². The molecule has 8 rings (SSSR count). The Morgan fingerprint density at radius 1 is 0.810 bits per heavy atom. The van der Waals surface area contributed by atoms with Crippen LogP contribution in [0.4, 0.5) is 16.3 Å². The molecule has 63 heavy (non-hydrogen) atoms. The molecular weight excluding hydrogens is 805 g/mol. The summed E-state index contributed by atoms with van der Waals surface area (Å²) in [4.78, 5) is 31.1. The smallest absolute Gasteiger partial charge is 0.407 e. The molecule has 0 radical (unpaired) electrons. The van der Waals surface area contributed by atoms with Crippen LogP contribution in [0.1, 0.15) is 44.0 Å². The Labute approximate surface area is 373 Å². The minimum absolute atomic E-state index is 0.190. The van der Waals surface area contributed by atoms with Crippen LogP contribution < -0.4 is 29.6 Å². The van der Waals surface area contributed by atoms with Gasteiger partial charge in [0.05, 0.1) is 18.3 Å². The molecule has 1 atom stereocenters. The largest absolute Gasteiger partial charge is 0.489 e. The molecule has 1 aromatic heterocycles. The van der Waals surface area contributed by atoms with Crippen LogP contribution in [0.25, 0.3) is 10.8 Å². The van der Waals surface area contributed by atoms with Crippen molar-refractivity contribution in [3.63, 3.8) is 0 Å². The molecular formula is C51H60N6O5Si. The average Bonchev–Trinajstić information content (AvgIpc) is 3.29. The zero-order chi connectivity index (χ0) is 44.0. The van der Waals surface area contributed by atoms with E-state index in [1.807, 2.05) is 32.3 Å². The van der Waals surface area contributed by atoms with E-state index >= 15 is 0 Å². The number of likely N-dealkylation sites (N-methyl/N-ethyl adjacent to an activating group) is 1. The molecule has 2 aliphatic heterocycles. The quantitative estimate of drug-likeness (QED) is 0.103. The zero-order valence-corrected chi connectivity index (χ0v) is 38.2. The second kappa shape index (κ2) is 19.2. The van der Waals surface area contributed by atoms with Gasteiger partial charge >= 0.3 is 12.1 Å². The SMILES string of the molecule is CN(C)CCOc1nc2c(c(N3CCN(C(=O)O)CC3CCO[Si](c3ccccc3)(c3ccccc3)C(C)(C)C)n1)CCN(c1cc(OCc3ccccc3)cc3ccccc13)C2. The van der Waals surface area contributed by atoms with Crippen LogP contribution in [0.15, 0.2) is 127 Å². The van der Waals surface area contributed by atoms with Gasteiger partial charge in [-0.15, -0.1) is 0 Å². The van der Waals surface area contributed by atoms with Gasteiger partial charge in [-0.3, -0.25) is 0 Å². The number of aromatic nitrogens is 2. The standard InChI is InChI=1S/C51H60N6O5Si/c1-51(2,3)63(42-20-11-7-12-21-42,43-22-13-8-14-23-43)62-31-26-40-35-56(50(58)59)28-29-57(40)48-45-25-27-55(36-46(45)52-49(53-48)60-32-30-54(4)5)47-34-41(33-39-19-15-16-24-44(39)47)61-37-38-17-9-6-10-18-38/h6-24,33-34,40H,25-32,35-37H2,1-5H3,(H,58,59). The molecule has 3 heterocycles. The molecule has 12 heteroatoms. The highest BCUT2D eigenvalue weighted by Gasteiger charge is 2.50. The number of ether oxygens (including phenoxy) is 2. The van der Waals surface area contributed by atoms with Gasteiger partial charge in [0.2, 0.25) is 0 Å². The molecule has 1 unspecified atom stereocenters. The number of hydrogen-bond acceptors (Lipinski definition) is 9. The van der Waals surface area contributed by atoms with Crippen molar-refractivity contribution in [2.45, 2.75) is 57.8 Å². The first-order valence-corrected chi connectivity index (χ1v) is 24.0. The third-order valence-corrected chi connectivity index (χ3v) is 17.4. The summed E-state index contributed by atoms with van der Waals surface area (Å²) in [6.45, 7) is 11.4. The third-order valence-electron chi connectivity index (χ3n) is 12.4. The lowest BCUT2D eigenvalue weighted by Gasteiger charge is -2.45. The number of hydrogen-bond donors (Lipinski definition) is 1. The first kappa shape index (κ1) is 43.7. The van der Waals surface area contributed by atoms with E-state index in [9.17, 15) is 9.90 Å². The summed E-state index contributed by atoms with van der Waals surface area (Å²) in [5.41, 5.74) is 4.19. The van der Waals surface area contributed by atoms with Crippen molar-refractivity contribution < 1.29 is 23.8 Å². The summed E-state index contributed by atoms with van der Waals surface area (Å²) in [7, 11) is 1.21. The van der Waals surface area contributed by atoms with E-state index in [0.29, 0.717) is 71.4 Å². The Hall–Kier alpha value is -5.95. The maximum atomic E-state index is 12.6. The van der Waals surface area contributed by atoms with Crippen molar-refractivity contribution in [1.82, 2.24) is 19.8 Å². The van der Waals surface area contributed by atoms with Gasteiger partial charge in [0.25, 0.3) is 8.32 Å². The van der Waals surface area contributed by atoms with Crippen molar-refractivity contribution in [3.8, 4) is 11.8 Å². The highest BCUT2D eigenvalue weighted by molar-refractivity contribution is 6.99. The third kappa shape index (κ3) is 9.68. The highest BCUT2D eigenvalue weighted by atomic mass is 28.4. The fourth-order valence-electron chi connectivity index (χ4n) is 9.23. The predicted molar refractivity (Wildman–Crippen MR) is 254 cm³/mol. The maximum Gasteiger partial charge on any atom is 0.407 e. The number of carboxylic acid groups (broad SMARTS) is 1. The summed E-state index contributed by atoms with van der Waals surface area (Å²) in [5, 5.41) is 14.8. The van der Waals surface area contributed by atoms with Crippen molar-refractivity contribution >= 4 is 47.1 Å². The van der Waals surface area contributed by atoms with Gasteiger partial charge in [-0.25, -0.2) is 4.79 Å². The Balaban J connectivity index is 1.12. The van der Waals surface area contributed by atoms with Crippen molar-refractivity contribution in [2.24, 2.45) is 0 Å². The molecule has 0 spiro atoms. The Morgan fingerprint density at radius 2 is 1.48 bits per heavy atom. The Bertz CT molecular complexity index is 2430. The molecule has 0 aliphatic carbocycles. The molecule has 11 nitrogen and oxygen atoms in total. The average molecular weight is 865 g/mol. The highest BCUT2D eigenvalue weighted by Crippen LogP contribution is 2.39. The number of anilines is 2.